The molecule has 0 radical (unpaired) electrons. The number of anilines is 3. The topological polar surface area (TPSA) is 44.3 Å². The van der Waals surface area contributed by atoms with Gasteiger partial charge in [0.25, 0.3) is 0 Å². The first-order chi connectivity index (χ1) is 11.8. The molecule has 1 aromatic carbocycles. The van der Waals surface area contributed by atoms with Crippen LogP contribution in [0.3, 0.4) is 0 Å². The summed E-state index contributed by atoms with van der Waals surface area (Å²) in [6.45, 7) is 6.58. The third-order valence-corrected chi connectivity index (χ3v) is 4.23. The van der Waals surface area contributed by atoms with Crippen LogP contribution in [0.5, 0.6) is 0 Å². The van der Waals surface area contributed by atoms with Crippen LogP contribution in [0.15, 0.2) is 36.5 Å². The van der Waals surface area contributed by atoms with Crippen molar-refractivity contribution in [2.45, 2.75) is 19.8 Å². The summed E-state index contributed by atoms with van der Waals surface area (Å²) < 4.78 is 13.0. The van der Waals surface area contributed by atoms with Crippen LogP contribution in [0, 0.1) is 5.82 Å². The van der Waals surface area contributed by atoms with E-state index >= 15 is 0 Å². The Morgan fingerprint density at radius 1 is 1.04 bits per heavy atom. The van der Waals surface area contributed by atoms with E-state index in [1.165, 1.54) is 12.1 Å². The van der Waals surface area contributed by atoms with Gasteiger partial charge in [-0.25, -0.2) is 9.37 Å². The lowest BCUT2D eigenvalue weighted by Crippen LogP contribution is -2.47. The minimum absolute atomic E-state index is 0.196. The SMILES string of the molecule is CCCCNc1ccnc(N2CCN(c3ccc(F)cc3)CC2)n1. The Kier molecular flexibility index (Phi) is 5.46. The molecule has 128 valence electrons. The second-order valence-corrected chi connectivity index (χ2v) is 5.97. The molecule has 3 rings (SSSR count). The zero-order chi connectivity index (χ0) is 16.8. The summed E-state index contributed by atoms with van der Waals surface area (Å²) in [5.74, 6) is 1.46. The van der Waals surface area contributed by atoms with Gasteiger partial charge in [0.2, 0.25) is 5.95 Å². The first kappa shape index (κ1) is 16.5. The Morgan fingerprint density at radius 3 is 2.46 bits per heavy atom. The van der Waals surface area contributed by atoms with Gasteiger partial charge < -0.3 is 15.1 Å². The van der Waals surface area contributed by atoms with Crippen molar-refractivity contribution in [2.75, 3.05) is 47.8 Å². The molecule has 0 aliphatic carbocycles. The van der Waals surface area contributed by atoms with Crippen LogP contribution < -0.4 is 15.1 Å². The van der Waals surface area contributed by atoms with Gasteiger partial charge in [0.15, 0.2) is 0 Å². The van der Waals surface area contributed by atoms with E-state index in [4.69, 9.17) is 0 Å². The number of nitrogens with zero attached hydrogens (tertiary/aromatic N) is 4. The van der Waals surface area contributed by atoms with Gasteiger partial charge in [0.05, 0.1) is 0 Å². The van der Waals surface area contributed by atoms with Crippen molar-refractivity contribution >= 4 is 17.5 Å². The normalized spacial score (nSPS) is 14.8. The number of benzene rings is 1. The summed E-state index contributed by atoms with van der Waals surface area (Å²) in [7, 11) is 0. The van der Waals surface area contributed by atoms with E-state index in [0.29, 0.717) is 0 Å². The van der Waals surface area contributed by atoms with Crippen LogP contribution in [-0.2, 0) is 0 Å². The molecular formula is C18H24FN5. The summed E-state index contributed by atoms with van der Waals surface area (Å²) in [5.41, 5.74) is 1.06. The third kappa shape index (κ3) is 4.13. The molecule has 0 saturated carbocycles. The Hall–Kier alpha value is -2.37. The highest BCUT2D eigenvalue weighted by Gasteiger charge is 2.19. The minimum Gasteiger partial charge on any atom is -0.370 e. The van der Waals surface area contributed by atoms with Gasteiger partial charge in [-0.2, -0.15) is 4.98 Å². The number of nitrogens with one attached hydrogen (secondary N) is 1. The molecule has 1 N–H and O–H groups in total. The Labute approximate surface area is 142 Å². The summed E-state index contributed by atoms with van der Waals surface area (Å²) in [4.78, 5) is 13.5. The number of aromatic nitrogens is 2. The fourth-order valence-electron chi connectivity index (χ4n) is 2.81. The van der Waals surface area contributed by atoms with Gasteiger partial charge in [0, 0.05) is 44.6 Å². The van der Waals surface area contributed by atoms with Crippen molar-refractivity contribution in [3.05, 3.63) is 42.3 Å². The van der Waals surface area contributed by atoms with E-state index in [1.54, 1.807) is 0 Å². The summed E-state index contributed by atoms with van der Waals surface area (Å²) in [6.07, 6.45) is 4.11. The monoisotopic (exact) mass is 329 g/mol. The number of hydrogen-bond donors (Lipinski definition) is 1. The van der Waals surface area contributed by atoms with Crippen LogP contribution >= 0.6 is 0 Å². The average Bonchev–Trinajstić information content (AvgIpc) is 2.63. The summed E-state index contributed by atoms with van der Waals surface area (Å²) in [6, 6.07) is 8.60. The fourth-order valence-corrected chi connectivity index (χ4v) is 2.81. The third-order valence-electron chi connectivity index (χ3n) is 4.23. The van der Waals surface area contributed by atoms with Gasteiger partial charge >= 0.3 is 0 Å². The van der Waals surface area contributed by atoms with Crippen molar-refractivity contribution in [3.63, 3.8) is 0 Å². The Balaban J connectivity index is 1.58. The smallest absolute Gasteiger partial charge is 0.227 e. The van der Waals surface area contributed by atoms with Crippen molar-refractivity contribution in [3.8, 4) is 0 Å². The Bertz CT molecular complexity index is 638. The maximum Gasteiger partial charge on any atom is 0.227 e. The molecule has 0 bridgehead atoms. The molecule has 0 spiro atoms. The summed E-state index contributed by atoms with van der Waals surface area (Å²) in [5, 5.41) is 3.34. The van der Waals surface area contributed by atoms with Crippen molar-refractivity contribution < 1.29 is 4.39 Å². The molecule has 1 fully saturated rings. The zero-order valence-corrected chi connectivity index (χ0v) is 14.1. The molecule has 0 unspecified atom stereocenters. The molecule has 2 heterocycles. The standard InChI is InChI=1S/C18H24FN5/c1-2-3-9-20-17-8-10-21-18(22-17)24-13-11-23(12-14-24)16-6-4-15(19)5-7-16/h4-8,10H,2-3,9,11-14H2,1H3,(H,20,21,22). The second-order valence-electron chi connectivity index (χ2n) is 5.97. The first-order valence-electron chi connectivity index (χ1n) is 8.58. The molecule has 1 aromatic heterocycles. The van der Waals surface area contributed by atoms with Gasteiger partial charge in [0.1, 0.15) is 11.6 Å². The van der Waals surface area contributed by atoms with Crippen LogP contribution in [0.1, 0.15) is 19.8 Å². The van der Waals surface area contributed by atoms with E-state index in [2.05, 4.69) is 32.0 Å². The molecule has 2 aromatic rings. The van der Waals surface area contributed by atoms with E-state index in [-0.39, 0.29) is 5.82 Å². The van der Waals surface area contributed by atoms with Gasteiger partial charge in [-0.1, -0.05) is 13.3 Å². The van der Waals surface area contributed by atoms with E-state index in [1.807, 2.05) is 24.4 Å². The number of halogens is 1. The van der Waals surface area contributed by atoms with Crippen LogP contribution in [-0.4, -0.2) is 42.7 Å². The number of hydrogen-bond acceptors (Lipinski definition) is 5. The largest absolute Gasteiger partial charge is 0.370 e. The Morgan fingerprint density at radius 2 is 1.75 bits per heavy atom. The maximum atomic E-state index is 13.0. The van der Waals surface area contributed by atoms with Gasteiger partial charge in [-0.05, 0) is 36.8 Å². The van der Waals surface area contributed by atoms with Crippen molar-refractivity contribution in [2.24, 2.45) is 0 Å². The molecule has 1 aliphatic heterocycles. The van der Waals surface area contributed by atoms with Gasteiger partial charge in [-0.15, -0.1) is 0 Å². The lowest BCUT2D eigenvalue weighted by molar-refractivity contribution is 0.623. The molecular weight excluding hydrogens is 305 g/mol. The first-order valence-corrected chi connectivity index (χ1v) is 8.58. The molecule has 1 saturated heterocycles. The number of piperazine rings is 1. The van der Waals surface area contributed by atoms with E-state index < -0.39 is 0 Å². The van der Waals surface area contributed by atoms with Crippen LogP contribution in [0.25, 0.3) is 0 Å². The predicted octanol–water partition coefficient (Wildman–Crippen LogP) is 3.15. The fraction of sp³-hybridized carbons (Fsp3) is 0.444. The number of rotatable bonds is 6. The molecule has 6 heteroatoms. The quantitative estimate of drug-likeness (QED) is 0.825. The highest BCUT2D eigenvalue weighted by molar-refractivity contribution is 5.49. The lowest BCUT2D eigenvalue weighted by atomic mass is 10.2. The number of unbranched alkanes of at least 4 members (excludes halogenated alkanes) is 1. The van der Waals surface area contributed by atoms with Crippen molar-refractivity contribution in [1.29, 1.82) is 0 Å². The van der Waals surface area contributed by atoms with Crippen molar-refractivity contribution in [1.82, 2.24) is 9.97 Å². The van der Waals surface area contributed by atoms with Crippen LogP contribution in [0.2, 0.25) is 0 Å². The molecule has 5 nitrogen and oxygen atoms in total. The second kappa shape index (κ2) is 7.95. The van der Waals surface area contributed by atoms with E-state index in [9.17, 15) is 4.39 Å². The predicted molar refractivity (Wildman–Crippen MR) is 96.3 cm³/mol. The molecule has 1 aliphatic rings. The average molecular weight is 329 g/mol. The lowest BCUT2D eigenvalue weighted by Gasteiger charge is -2.36. The molecule has 24 heavy (non-hydrogen) atoms. The summed E-state index contributed by atoms with van der Waals surface area (Å²) >= 11 is 0. The van der Waals surface area contributed by atoms with Crippen LogP contribution in [0.4, 0.5) is 21.8 Å². The highest BCUT2D eigenvalue weighted by atomic mass is 19.1. The maximum absolute atomic E-state index is 13.0. The zero-order valence-electron chi connectivity index (χ0n) is 14.1. The molecule has 0 atom stereocenters. The van der Waals surface area contributed by atoms with Gasteiger partial charge in [-0.3, -0.25) is 0 Å². The minimum atomic E-state index is -0.196. The molecule has 0 amide bonds. The highest BCUT2D eigenvalue weighted by Crippen LogP contribution is 2.19. The van der Waals surface area contributed by atoms with E-state index in [0.717, 1.165) is 63.0 Å².